The summed E-state index contributed by atoms with van der Waals surface area (Å²) in [4.78, 5) is 9.65. The van der Waals surface area contributed by atoms with E-state index in [1.165, 1.54) is 0 Å². The Morgan fingerprint density at radius 2 is 1.93 bits per heavy atom. The number of rotatable bonds is 2. The van der Waals surface area contributed by atoms with Gasteiger partial charge in [0.25, 0.3) is 0 Å². The fourth-order valence-electron chi connectivity index (χ4n) is 0.493. The Balaban J connectivity index is 0.000000241. The maximum Gasteiger partial charge on any atom is 0.322 e. The molecule has 4 N–H and O–H groups in total. The SMILES string of the molecule is Clc1ccccc1.N[C@@H](CO)C(=O)O. The van der Waals surface area contributed by atoms with Gasteiger partial charge in [0.1, 0.15) is 6.04 Å². The molecule has 1 aromatic rings. The normalized spacial score (nSPS) is 11.1. The predicted octanol–water partition coefficient (Wildman–Crippen LogP) is 0.731. The number of hydrogen-bond acceptors (Lipinski definition) is 3. The number of carboxylic acids is 1. The van der Waals surface area contributed by atoms with Crippen molar-refractivity contribution in [2.75, 3.05) is 6.61 Å². The standard InChI is InChI=1S/C6H5Cl.C3H7NO3/c7-6-4-2-1-3-5-6;4-2(1-5)3(6)7/h1-5H;2,5H,1,4H2,(H,6,7)/t;2-/m.0/s1. The van der Waals surface area contributed by atoms with Crippen LogP contribution in [0.1, 0.15) is 0 Å². The first-order chi connectivity index (χ1) is 6.57. The molecule has 4 nitrogen and oxygen atoms in total. The molecule has 0 aromatic heterocycles. The van der Waals surface area contributed by atoms with Crippen LogP contribution in [0.4, 0.5) is 0 Å². The van der Waals surface area contributed by atoms with E-state index in [2.05, 4.69) is 0 Å². The summed E-state index contributed by atoms with van der Waals surface area (Å²) in [5.41, 5.74) is 4.77. The molecule has 1 atom stereocenters. The third kappa shape index (κ3) is 6.42. The molecule has 0 unspecified atom stereocenters. The molecule has 0 spiro atoms. The molecule has 1 aromatic carbocycles. The number of aliphatic hydroxyl groups is 1. The molecule has 0 saturated carbocycles. The molecule has 14 heavy (non-hydrogen) atoms. The number of hydrogen-bond donors (Lipinski definition) is 3. The van der Waals surface area contributed by atoms with Crippen LogP contribution in [0, 0.1) is 0 Å². The second-order valence-electron chi connectivity index (χ2n) is 2.42. The van der Waals surface area contributed by atoms with Gasteiger partial charge in [-0.3, -0.25) is 4.79 Å². The van der Waals surface area contributed by atoms with Crippen molar-refractivity contribution in [1.82, 2.24) is 0 Å². The van der Waals surface area contributed by atoms with Gasteiger partial charge in [0, 0.05) is 5.02 Å². The quantitative estimate of drug-likeness (QED) is 0.682. The first-order valence-corrected chi connectivity index (χ1v) is 4.25. The van der Waals surface area contributed by atoms with Crippen LogP contribution in [0.5, 0.6) is 0 Å². The van der Waals surface area contributed by atoms with E-state index in [4.69, 9.17) is 27.5 Å². The number of carbonyl (C=O) groups is 1. The fraction of sp³-hybridized carbons (Fsp3) is 0.222. The lowest BCUT2D eigenvalue weighted by atomic mass is 10.3. The van der Waals surface area contributed by atoms with Crippen molar-refractivity contribution in [3.8, 4) is 0 Å². The summed E-state index contributed by atoms with van der Waals surface area (Å²) in [6.07, 6.45) is 0. The Labute approximate surface area is 86.9 Å². The molecule has 78 valence electrons. The lowest BCUT2D eigenvalue weighted by molar-refractivity contribution is -0.139. The van der Waals surface area contributed by atoms with Gasteiger partial charge >= 0.3 is 5.97 Å². The van der Waals surface area contributed by atoms with Gasteiger partial charge in [-0.2, -0.15) is 0 Å². The Kier molecular flexibility index (Phi) is 6.74. The summed E-state index contributed by atoms with van der Waals surface area (Å²) >= 11 is 5.54. The Morgan fingerprint density at radius 1 is 1.43 bits per heavy atom. The molecular formula is C9H12ClNO3. The van der Waals surface area contributed by atoms with Crippen LogP contribution in [0.3, 0.4) is 0 Å². The molecule has 1 rings (SSSR count). The number of aliphatic carboxylic acids is 1. The number of nitrogens with two attached hydrogens (primary N) is 1. The molecule has 0 amide bonds. The van der Waals surface area contributed by atoms with Crippen molar-refractivity contribution in [1.29, 1.82) is 0 Å². The van der Waals surface area contributed by atoms with Crippen LogP contribution in [0.2, 0.25) is 5.02 Å². The second kappa shape index (κ2) is 7.32. The van der Waals surface area contributed by atoms with Gasteiger partial charge in [-0.05, 0) is 12.1 Å². The highest BCUT2D eigenvalue weighted by Gasteiger charge is 2.06. The van der Waals surface area contributed by atoms with Gasteiger partial charge in [0.2, 0.25) is 0 Å². The summed E-state index contributed by atoms with van der Waals surface area (Å²) in [5, 5.41) is 16.7. The lowest BCUT2D eigenvalue weighted by Crippen LogP contribution is -2.33. The highest BCUT2D eigenvalue weighted by atomic mass is 35.5. The van der Waals surface area contributed by atoms with Gasteiger partial charge in [0.15, 0.2) is 0 Å². The molecular weight excluding hydrogens is 206 g/mol. The van der Waals surface area contributed by atoms with Gasteiger partial charge in [-0.1, -0.05) is 29.8 Å². The van der Waals surface area contributed by atoms with E-state index in [1.54, 1.807) is 0 Å². The third-order valence-electron chi connectivity index (χ3n) is 1.25. The first-order valence-electron chi connectivity index (χ1n) is 3.87. The molecule has 0 aliphatic carbocycles. The van der Waals surface area contributed by atoms with Crippen molar-refractivity contribution >= 4 is 17.6 Å². The largest absolute Gasteiger partial charge is 0.480 e. The second-order valence-corrected chi connectivity index (χ2v) is 2.86. The summed E-state index contributed by atoms with van der Waals surface area (Å²) in [6.45, 7) is -0.505. The molecule has 5 heteroatoms. The maximum atomic E-state index is 9.65. The predicted molar refractivity (Wildman–Crippen MR) is 54.1 cm³/mol. The van der Waals surface area contributed by atoms with Crippen molar-refractivity contribution in [2.24, 2.45) is 5.73 Å². The maximum absolute atomic E-state index is 9.65. The fourth-order valence-corrected chi connectivity index (χ4v) is 0.638. The van der Waals surface area contributed by atoms with E-state index in [-0.39, 0.29) is 0 Å². The molecule has 0 heterocycles. The summed E-state index contributed by atoms with van der Waals surface area (Å²) < 4.78 is 0. The Bertz CT molecular complexity index is 266. The van der Waals surface area contributed by atoms with Crippen molar-refractivity contribution in [3.05, 3.63) is 35.4 Å². The van der Waals surface area contributed by atoms with Crippen molar-refractivity contribution < 1.29 is 15.0 Å². The monoisotopic (exact) mass is 217 g/mol. The first kappa shape index (κ1) is 12.9. The van der Waals surface area contributed by atoms with Gasteiger partial charge in [0.05, 0.1) is 6.61 Å². The van der Waals surface area contributed by atoms with Crippen LogP contribution in [-0.4, -0.2) is 28.8 Å². The van der Waals surface area contributed by atoms with E-state index in [0.717, 1.165) is 5.02 Å². The minimum atomic E-state index is -1.18. The third-order valence-corrected chi connectivity index (χ3v) is 1.50. The highest BCUT2D eigenvalue weighted by Crippen LogP contribution is 2.03. The molecule has 0 saturated heterocycles. The highest BCUT2D eigenvalue weighted by molar-refractivity contribution is 6.30. The van der Waals surface area contributed by atoms with E-state index in [9.17, 15) is 4.79 Å². The average Bonchev–Trinajstić information content (AvgIpc) is 2.18. The molecule has 0 radical (unpaired) electrons. The van der Waals surface area contributed by atoms with Crippen molar-refractivity contribution in [3.63, 3.8) is 0 Å². The van der Waals surface area contributed by atoms with Crippen LogP contribution in [-0.2, 0) is 4.79 Å². The molecule has 0 bridgehead atoms. The Hall–Kier alpha value is -1.10. The number of halogens is 1. The van der Waals surface area contributed by atoms with E-state index >= 15 is 0 Å². The van der Waals surface area contributed by atoms with Crippen LogP contribution >= 0.6 is 11.6 Å². The minimum absolute atomic E-state index is 0.505. The minimum Gasteiger partial charge on any atom is -0.480 e. The lowest BCUT2D eigenvalue weighted by Gasteiger charge is -1.96. The number of aliphatic hydroxyl groups excluding tert-OH is 1. The number of carboxylic acid groups (broad SMARTS) is 1. The zero-order valence-electron chi connectivity index (χ0n) is 7.43. The van der Waals surface area contributed by atoms with E-state index in [1.807, 2.05) is 30.3 Å². The van der Waals surface area contributed by atoms with Crippen molar-refractivity contribution in [2.45, 2.75) is 6.04 Å². The molecule has 0 aliphatic heterocycles. The average molecular weight is 218 g/mol. The van der Waals surface area contributed by atoms with Crippen LogP contribution in [0.15, 0.2) is 30.3 Å². The zero-order chi connectivity index (χ0) is 11.0. The van der Waals surface area contributed by atoms with Crippen LogP contribution in [0.25, 0.3) is 0 Å². The summed E-state index contributed by atoms with van der Waals surface area (Å²) in [6, 6.07) is 8.32. The molecule has 0 fully saturated rings. The molecule has 0 aliphatic rings. The topological polar surface area (TPSA) is 83.5 Å². The van der Waals surface area contributed by atoms with E-state index < -0.39 is 18.6 Å². The van der Waals surface area contributed by atoms with E-state index in [0.29, 0.717) is 0 Å². The van der Waals surface area contributed by atoms with Gasteiger partial charge in [-0.15, -0.1) is 0 Å². The van der Waals surface area contributed by atoms with Gasteiger partial charge < -0.3 is 15.9 Å². The smallest absolute Gasteiger partial charge is 0.322 e. The number of benzene rings is 1. The Morgan fingerprint density at radius 3 is 2.07 bits per heavy atom. The van der Waals surface area contributed by atoms with Gasteiger partial charge in [-0.25, -0.2) is 0 Å². The summed E-state index contributed by atoms with van der Waals surface area (Å²) in [7, 11) is 0. The van der Waals surface area contributed by atoms with Crippen LogP contribution < -0.4 is 5.73 Å². The summed E-state index contributed by atoms with van der Waals surface area (Å²) in [5.74, 6) is -1.18. The zero-order valence-corrected chi connectivity index (χ0v) is 8.19.